The zero-order valence-electron chi connectivity index (χ0n) is 34.6. The smallest absolute Gasteiger partial charge is 0.0620 e. The predicted molar refractivity (Wildman–Crippen MR) is 248 cm³/mol. The molecule has 0 amide bonds. The van der Waals surface area contributed by atoms with Crippen molar-refractivity contribution < 1.29 is 50.7 Å². The van der Waals surface area contributed by atoms with Gasteiger partial charge in [-0.25, -0.2) is 0 Å². The van der Waals surface area contributed by atoms with Gasteiger partial charge in [0.15, 0.2) is 0 Å². The zero-order valence-corrected chi connectivity index (χ0v) is 40.3. The van der Waals surface area contributed by atoms with Crippen molar-refractivity contribution in [3.63, 3.8) is 0 Å². The molecule has 0 radical (unpaired) electrons. The summed E-state index contributed by atoms with van der Waals surface area (Å²) in [5.41, 5.74) is 4.11. The number of alkyl halides is 2. The molecule has 3 nitrogen and oxygen atoms in total. The van der Waals surface area contributed by atoms with Crippen LogP contribution in [0.2, 0.25) is 0 Å². The Morgan fingerprint density at radius 1 is 0.623 bits per heavy atom. The number of thioether (sulfide) groups is 1. The van der Waals surface area contributed by atoms with Crippen molar-refractivity contribution in [1.82, 2.24) is 4.98 Å². The van der Waals surface area contributed by atoms with Crippen LogP contribution < -0.4 is 21.0 Å². The Balaban J connectivity index is 0.000000361. The third kappa shape index (κ3) is 21.2. The van der Waals surface area contributed by atoms with Crippen molar-refractivity contribution in [2.75, 3.05) is 11.1 Å². The number of nitrogens with zero attached hydrogens (tertiary/aromatic N) is 2. The number of halogens is 8. The number of para-hydroxylation sites is 1. The summed E-state index contributed by atoms with van der Waals surface area (Å²) in [5, 5.41) is 22.7. The minimum absolute atomic E-state index is 0. The van der Waals surface area contributed by atoms with Gasteiger partial charge in [0, 0.05) is 38.1 Å². The van der Waals surface area contributed by atoms with Gasteiger partial charge in [0.05, 0.1) is 13.3 Å². The third-order valence-electron chi connectivity index (χ3n) is 8.38. The van der Waals surface area contributed by atoms with Crippen molar-refractivity contribution in [3.8, 4) is 5.75 Å². The Hall–Kier alpha value is -3.12. The molecule has 0 saturated heterocycles. The first-order valence-electron chi connectivity index (χ1n) is 18.8. The van der Waals surface area contributed by atoms with Crippen LogP contribution in [-0.2, 0) is 37.7 Å². The quantitative estimate of drug-likeness (QED) is 0.0477. The van der Waals surface area contributed by atoms with Crippen molar-refractivity contribution >= 4 is 78.0 Å². The number of pyridine rings is 1. The Morgan fingerprint density at radius 3 is 1.46 bits per heavy atom. The number of hydrogen-bond acceptors (Lipinski definition) is 3. The van der Waals surface area contributed by atoms with Gasteiger partial charge < -0.3 is 10.4 Å². The molecule has 0 atom stereocenters. The summed E-state index contributed by atoms with van der Waals surface area (Å²) in [7, 11) is -11.5. The molecule has 0 bridgehead atoms. The molecule has 6 rings (SSSR count). The van der Waals surface area contributed by atoms with Gasteiger partial charge in [0.2, 0.25) is 0 Å². The maximum atomic E-state index is 13.3. The summed E-state index contributed by atoms with van der Waals surface area (Å²) in [4.78, 5) is 5.48. The number of rotatable bonds is 9. The monoisotopic (exact) mass is 1030 g/mol. The molecule has 0 unspecified atom stereocenters. The third-order valence-corrected chi connectivity index (χ3v) is 12.2. The summed E-state index contributed by atoms with van der Waals surface area (Å²) in [6.45, 7) is 12.8. The second-order valence-electron chi connectivity index (χ2n) is 15.4. The van der Waals surface area contributed by atoms with Gasteiger partial charge in [-0.05, 0) is 82.3 Å². The van der Waals surface area contributed by atoms with E-state index in [4.69, 9.17) is 28.5 Å². The molecule has 1 heterocycles. The van der Waals surface area contributed by atoms with Gasteiger partial charge in [0.1, 0.15) is 15.9 Å². The Labute approximate surface area is 385 Å². The molecule has 6 aromatic rings. The fraction of sp³-hybridized carbons (Fsp3) is 0.239. The maximum Gasteiger partial charge on any atom is 0.102 e. The summed E-state index contributed by atoms with van der Waals surface area (Å²) >= 11 is 11.3. The summed E-state index contributed by atoms with van der Waals surface area (Å²) in [6, 6.07) is 50.6. The van der Waals surface area contributed by atoms with E-state index in [1.807, 2.05) is 48.7 Å². The largest absolute Gasteiger partial charge is 0.102 e. The number of benzene rings is 5. The number of aryl methyl sites for hydroxylation is 1. The van der Waals surface area contributed by atoms with Crippen molar-refractivity contribution in [2.45, 2.75) is 63.7 Å². The van der Waals surface area contributed by atoms with Gasteiger partial charge in [-0.1, -0.05) is 138 Å². The summed E-state index contributed by atoms with van der Waals surface area (Å²) in [5.74, 6) is 0.928. The predicted octanol–water partition coefficient (Wildman–Crippen LogP) is 15.4. The normalized spacial score (nSPS) is 12.4. The molecular formula is C46H50Cl2F6N2OP2PdS-2. The molecule has 15 heteroatoms. The topological polar surface area (TPSA) is 50.0 Å². The average molecular weight is 1030 g/mol. The number of aromatic nitrogens is 1. The molecular weight excluding hydrogens is 982 g/mol. The second kappa shape index (κ2) is 23.0. The molecule has 5 aromatic carbocycles. The van der Waals surface area contributed by atoms with Gasteiger partial charge in [-0.2, -0.15) is 0 Å². The van der Waals surface area contributed by atoms with Crippen molar-refractivity contribution in [1.29, 1.82) is 0 Å². The van der Waals surface area contributed by atoms with Gasteiger partial charge in [-0.15, -0.1) is 52.1 Å². The van der Waals surface area contributed by atoms with E-state index in [9.17, 15) is 30.3 Å². The van der Waals surface area contributed by atoms with Gasteiger partial charge in [0.25, 0.3) is 0 Å². The zero-order chi connectivity index (χ0) is 44.7. The summed E-state index contributed by atoms with van der Waals surface area (Å²) in [6.07, 6.45) is 2.72. The van der Waals surface area contributed by atoms with Crippen LogP contribution in [0.3, 0.4) is 0 Å². The molecule has 0 aliphatic heterocycles. The Bertz CT molecular complexity index is 2100. The SMILES string of the molecule is CC(C)(C)c1cc([N-]c2ccccc2SCCc2ccccn2)c([O-])c(C(C)(C)C)c1.ClCCl.F[P-](F)(F)(F)(F)F.[Pd].c1ccc([PH+](c2ccccc2)c2ccccc2)cc1. The van der Waals surface area contributed by atoms with Crippen LogP contribution in [0.5, 0.6) is 5.75 Å². The van der Waals surface area contributed by atoms with Crippen LogP contribution in [-0.4, -0.2) is 16.1 Å². The van der Waals surface area contributed by atoms with E-state index in [0.29, 0.717) is 5.69 Å². The molecule has 0 N–H and O–H groups in total. The first-order chi connectivity index (χ1) is 27.9. The van der Waals surface area contributed by atoms with Crippen LogP contribution in [0.1, 0.15) is 58.4 Å². The van der Waals surface area contributed by atoms with E-state index in [1.165, 1.54) is 15.9 Å². The van der Waals surface area contributed by atoms with E-state index >= 15 is 0 Å². The van der Waals surface area contributed by atoms with Gasteiger partial charge >= 0.3 is 33.0 Å². The van der Waals surface area contributed by atoms with Crippen LogP contribution >= 0.6 is 50.7 Å². The first-order valence-corrected chi connectivity index (χ1v) is 24.4. The molecule has 0 aliphatic carbocycles. The van der Waals surface area contributed by atoms with Crippen LogP contribution in [0.4, 0.5) is 36.6 Å². The molecule has 61 heavy (non-hydrogen) atoms. The van der Waals surface area contributed by atoms with Crippen LogP contribution in [0.25, 0.3) is 5.32 Å². The number of hydrogen-bond donors (Lipinski definition) is 0. The first kappa shape index (κ1) is 54.0. The van der Waals surface area contributed by atoms with Crippen molar-refractivity contribution in [2.24, 2.45) is 0 Å². The molecule has 0 fully saturated rings. The van der Waals surface area contributed by atoms with E-state index in [0.717, 1.165) is 39.6 Å². The van der Waals surface area contributed by atoms with E-state index in [1.54, 1.807) is 11.8 Å². The fourth-order valence-corrected chi connectivity index (χ4v) is 9.16. The fourth-order valence-electron chi connectivity index (χ4n) is 5.61. The molecule has 334 valence electrons. The standard InChI is InChI=1S/C27H33N2OS.C18H15P.CH2Cl2.F6P.Pd/c1-26(2,3)19-17-21(27(4,5)6)25(30)23(18-19)29-22-12-7-8-13-24(22)31-16-14-20-11-9-10-15-28-20;1-4-10-16(11-5-1)19(17-12-6-2-7-13-17)18-14-8-3-9-15-18;2-1-3;1-7(2,3,4,5)6;/h7-13,15,17-18,30H,14,16H2,1-6H3;1-15H;1H2;;/q-1;;;-1;. The van der Waals surface area contributed by atoms with Gasteiger partial charge in [-0.3, -0.25) is 4.98 Å². The molecule has 0 aliphatic rings. The minimum atomic E-state index is -10.7. The summed E-state index contributed by atoms with van der Waals surface area (Å²) < 4.78 is 59.2. The molecule has 1 aromatic heterocycles. The maximum absolute atomic E-state index is 13.3. The van der Waals surface area contributed by atoms with E-state index in [2.05, 4.69) is 150 Å². The van der Waals surface area contributed by atoms with Crippen LogP contribution in [0, 0.1) is 0 Å². The Kier molecular flexibility index (Phi) is 20.4. The second-order valence-corrected chi connectivity index (χ2v) is 21.7. The van der Waals surface area contributed by atoms with E-state index in [-0.39, 0.29) is 42.3 Å². The van der Waals surface area contributed by atoms with Crippen LogP contribution in [0.15, 0.2) is 157 Å². The minimum Gasteiger partial charge on any atom is -0.0620 e. The molecule has 0 spiro atoms. The Morgan fingerprint density at radius 2 is 1.05 bits per heavy atom. The van der Waals surface area contributed by atoms with E-state index < -0.39 is 15.7 Å². The average Bonchev–Trinajstić information content (AvgIpc) is 3.17. The van der Waals surface area contributed by atoms with Crippen molar-refractivity contribution in [3.05, 3.63) is 174 Å². The molecule has 0 saturated carbocycles.